The molecule has 2 aromatic carbocycles. The number of nitrogens with one attached hydrogen (secondary N) is 1. The fourth-order valence-corrected chi connectivity index (χ4v) is 3.40. The Hall–Kier alpha value is -3.53. The van der Waals surface area contributed by atoms with E-state index in [1.165, 1.54) is 11.8 Å². The van der Waals surface area contributed by atoms with Crippen LogP contribution < -0.4 is 19.5 Å². The summed E-state index contributed by atoms with van der Waals surface area (Å²) >= 11 is 1.38. The minimum absolute atomic E-state index is 0.344. The van der Waals surface area contributed by atoms with Gasteiger partial charge in [-0.3, -0.25) is 0 Å². The normalized spacial score (nSPS) is 14.3. The van der Waals surface area contributed by atoms with Gasteiger partial charge in [-0.1, -0.05) is 30.0 Å². The second-order valence-corrected chi connectivity index (χ2v) is 7.24. The van der Waals surface area contributed by atoms with Gasteiger partial charge in [-0.05, 0) is 37.4 Å². The largest absolute Gasteiger partial charge is 0.490 e. The lowest BCUT2D eigenvalue weighted by atomic mass is 10.1. The third kappa shape index (κ3) is 4.48. The summed E-state index contributed by atoms with van der Waals surface area (Å²) in [5.74, 6) is 0.0716. The number of rotatable bonds is 7. The van der Waals surface area contributed by atoms with E-state index >= 15 is 0 Å². The lowest BCUT2D eigenvalue weighted by Gasteiger charge is -2.21. The highest BCUT2D eigenvalue weighted by atomic mass is 32.2. The number of carboxylic acid groups (broad SMARTS) is 1. The molecule has 3 aromatic rings. The molecule has 0 radical (unpaired) electrons. The molecule has 2 heterocycles. The molecule has 9 nitrogen and oxygen atoms in total. The first-order valence-corrected chi connectivity index (χ1v) is 10.7. The van der Waals surface area contributed by atoms with Crippen molar-refractivity contribution in [1.29, 1.82) is 0 Å². The summed E-state index contributed by atoms with van der Waals surface area (Å²) < 4.78 is 17.2. The Balaban J connectivity index is 1.74. The van der Waals surface area contributed by atoms with Gasteiger partial charge in [0.05, 0.1) is 6.61 Å². The highest BCUT2D eigenvalue weighted by molar-refractivity contribution is 7.98. The first kappa shape index (κ1) is 20.7. The van der Waals surface area contributed by atoms with E-state index in [1.807, 2.05) is 37.4 Å². The molecule has 10 heteroatoms. The molecule has 2 N–H and O–H groups in total. The number of carbonyl (C=O) groups is 1. The summed E-state index contributed by atoms with van der Waals surface area (Å²) in [6.45, 7) is 1.78. The maximum atomic E-state index is 10.9. The van der Waals surface area contributed by atoms with Gasteiger partial charge in [-0.25, -0.2) is 4.79 Å². The van der Waals surface area contributed by atoms with Crippen molar-refractivity contribution < 1.29 is 24.1 Å². The topological polar surface area (TPSA) is 116 Å². The number of benzene rings is 2. The molecule has 0 aliphatic carbocycles. The second-order valence-electron chi connectivity index (χ2n) is 6.46. The van der Waals surface area contributed by atoms with Crippen LogP contribution in [0.2, 0.25) is 0 Å². The molecule has 0 spiro atoms. The van der Waals surface area contributed by atoms with Gasteiger partial charge in [0.1, 0.15) is 0 Å². The Bertz CT molecular complexity index is 1110. The molecule has 0 amide bonds. The minimum Gasteiger partial charge on any atom is -0.490 e. The summed E-state index contributed by atoms with van der Waals surface area (Å²) in [5.41, 5.74) is 2.95. The van der Waals surface area contributed by atoms with E-state index < -0.39 is 18.8 Å². The zero-order valence-corrected chi connectivity index (χ0v) is 17.7. The number of thioether (sulfide) groups is 1. The van der Waals surface area contributed by atoms with E-state index in [2.05, 4.69) is 20.5 Å². The van der Waals surface area contributed by atoms with Crippen LogP contribution in [0.1, 0.15) is 18.7 Å². The molecule has 0 saturated heterocycles. The molecule has 1 aliphatic rings. The predicted octanol–water partition coefficient (Wildman–Crippen LogP) is 3.63. The molecule has 31 heavy (non-hydrogen) atoms. The molecule has 1 atom stereocenters. The maximum absolute atomic E-state index is 10.9. The number of nitrogens with zero attached hydrogens (tertiary/aromatic N) is 3. The second kappa shape index (κ2) is 9.09. The highest BCUT2D eigenvalue weighted by Gasteiger charge is 2.26. The van der Waals surface area contributed by atoms with Crippen LogP contribution in [0.15, 0.2) is 47.6 Å². The van der Waals surface area contributed by atoms with Gasteiger partial charge < -0.3 is 24.6 Å². The Labute approximate surface area is 182 Å². The zero-order valence-electron chi connectivity index (χ0n) is 16.9. The molecular weight excluding hydrogens is 420 g/mol. The number of anilines is 1. The van der Waals surface area contributed by atoms with Crippen LogP contribution in [0, 0.1) is 0 Å². The number of para-hydroxylation sites is 1. The SMILES string of the molecule is CCOc1cc([C@@H]2Nc3ccccc3-c3nnc(SC)nc3O2)ccc1OCC(=O)O. The van der Waals surface area contributed by atoms with E-state index in [4.69, 9.17) is 19.3 Å². The van der Waals surface area contributed by atoms with E-state index in [-0.39, 0.29) is 0 Å². The van der Waals surface area contributed by atoms with Crippen molar-refractivity contribution in [3.63, 3.8) is 0 Å². The number of carboxylic acids is 1. The van der Waals surface area contributed by atoms with Crippen molar-refractivity contribution in [2.24, 2.45) is 0 Å². The van der Waals surface area contributed by atoms with Crippen molar-refractivity contribution in [2.45, 2.75) is 18.3 Å². The third-order valence-electron chi connectivity index (χ3n) is 4.44. The van der Waals surface area contributed by atoms with E-state index in [1.54, 1.807) is 18.2 Å². The monoisotopic (exact) mass is 440 g/mol. The number of hydrogen-bond donors (Lipinski definition) is 2. The molecule has 0 bridgehead atoms. The third-order valence-corrected chi connectivity index (χ3v) is 4.98. The van der Waals surface area contributed by atoms with Gasteiger partial charge in [0.25, 0.3) is 0 Å². The zero-order chi connectivity index (χ0) is 21.8. The first-order valence-electron chi connectivity index (χ1n) is 9.51. The van der Waals surface area contributed by atoms with Crippen LogP contribution >= 0.6 is 11.8 Å². The van der Waals surface area contributed by atoms with Crippen molar-refractivity contribution in [1.82, 2.24) is 15.2 Å². The maximum Gasteiger partial charge on any atom is 0.341 e. The van der Waals surface area contributed by atoms with Gasteiger partial charge in [0.15, 0.2) is 30.0 Å². The van der Waals surface area contributed by atoms with Crippen molar-refractivity contribution in [2.75, 3.05) is 24.8 Å². The molecular formula is C21H20N4O5S. The molecule has 1 aliphatic heterocycles. The average Bonchev–Trinajstić information content (AvgIpc) is 2.94. The summed E-state index contributed by atoms with van der Waals surface area (Å²) in [6.07, 6.45) is 1.27. The summed E-state index contributed by atoms with van der Waals surface area (Å²) in [6, 6.07) is 12.9. The van der Waals surface area contributed by atoms with Crippen LogP contribution in [0.25, 0.3) is 11.3 Å². The van der Waals surface area contributed by atoms with Gasteiger partial charge in [-0.2, -0.15) is 4.98 Å². The molecule has 4 rings (SSSR count). The standard InChI is InChI=1S/C21H20N4O5S/c1-3-28-16-10-12(8-9-15(16)29-11-17(26)27)19-22-14-7-5-4-6-13(14)18-20(30-19)23-21(31-2)25-24-18/h4-10,19,22H,3,11H2,1-2H3,(H,26,27)/t19-/m1/s1. The Morgan fingerprint density at radius 3 is 2.81 bits per heavy atom. The quantitative estimate of drug-likeness (QED) is 0.528. The van der Waals surface area contributed by atoms with Gasteiger partial charge in [0.2, 0.25) is 11.0 Å². The molecule has 0 fully saturated rings. The summed E-state index contributed by atoms with van der Waals surface area (Å²) in [7, 11) is 0. The van der Waals surface area contributed by atoms with Gasteiger partial charge in [0, 0.05) is 16.8 Å². The number of ether oxygens (including phenoxy) is 3. The van der Waals surface area contributed by atoms with Crippen molar-refractivity contribution in [3.8, 4) is 28.6 Å². The fourth-order valence-electron chi connectivity index (χ4n) is 3.10. The minimum atomic E-state index is -1.06. The van der Waals surface area contributed by atoms with Crippen LogP contribution in [0.4, 0.5) is 5.69 Å². The Morgan fingerprint density at radius 2 is 2.03 bits per heavy atom. The van der Waals surface area contributed by atoms with Crippen molar-refractivity contribution >= 4 is 23.4 Å². The Kier molecular flexibility index (Phi) is 6.08. The lowest BCUT2D eigenvalue weighted by Crippen LogP contribution is -2.17. The lowest BCUT2D eigenvalue weighted by molar-refractivity contribution is -0.139. The van der Waals surface area contributed by atoms with Gasteiger partial charge in [-0.15, -0.1) is 10.2 Å². The molecule has 0 saturated carbocycles. The smallest absolute Gasteiger partial charge is 0.341 e. The van der Waals surface area contributed by atoms with E-state index in [0.717, 1.165) is 16.8 Å². The van der Waals surface area contributed by atoms with Gasteiger partial charge >= 0.3 is 5.97 Å². The van der Waals surface area contributed by atoms with Crippen LogP contribution in [-0.4, -0.2) is 45.7 Å². The van der Waals surface area contributed by atoms with Crippen LogP contribution in [0.5, 0.6) is 17.4 Å². The van der Waals surface area contributed by atoms with E-state index in [0.29, 0.717) is 34.8 Å². The number of aliphatic carboxylic acids is 1. The van der Waals surface area contributed by atoms with Crippen molar-refractivity contribution in [3.05, 3.63) is 48.0 Å². The fraction of sp³-hybridized carbons (Fsp3) is 0.238. The average molecular weight is 440 g/mol. The predicted molar refractivity (Wildman–Crippen MR) is 115 cm³/mol. The number of aromatic nitrogens is 3. The molecule has 0 unspecified atom stereocenters. The molecule has 160 valence electrons. The number of fused-ring (bicyclic) bond motifs is 3. The van der Waals surface area contributed by atoms with E-state index in [9.17, 15) is 4.79 Å². The van der Waals surface area contributed by atoms with Crippen LogP contribution in [0.3, 0.4) is 0 Å². The Morgan fingerprint density at radius 1 is 1.19 bits per heavy atom. The first-order chi connectivity index (χ1) is 15.1. The molecule has 1 aromatic heterocycles. The summed E-state index contributed by atoms with van der Waals surface area (Å²) in [4.78, 5) is 15.4. The summed E-state index contributed by atoms with van der Waals surface area (Å²) in [5, 5.41) is 21.2. The van der Waals surface area contributed by atoms with Crippen LogP contribution in [-0.2, 0) is 4.79 Å². The number of hydrogen-bond acceptors (Lipinski definition) is 9. The highest BCUT2D eigenvalue weighted by Crippen LogP contribution is 2.40.